The van der Waals surface area contributed by atoms with Crippen molar-refractivity contribution in [2.24, 2.45) is 0 Å². The average Bonchev–Trinajstić information content (AvgIpc) is 2.82. The van der Waals surface area contributed by atoms with Gasteiger partial charge >= 0.3 is 0 Å². The number of nitrogens with zero attached hydrogens (tertiary/aromatic N) is 1. The van der Waals surface area contributed by atoms with Crippen molar-refractivity contribution in [3.05, 3.63) is 52.0 Å². The molecule has 0 amide bonds. The molecule has 0 radical (unpaired) electrons. The highest BCUT2D eigenvalue weighted by Crippen LogP contribution is 2.21. The second-order valence-electron chi connectivity index (χ2n) is 4.12. The molecule has 0 aliphatic heterocycles. The largest absolute Gasteiger partial charge is 0.310 e. The van der Waals surface area contributed by atoms with E-state index in [1.807, 2.05) is 12.3 Å². The quantitative estimate of drug-likeness (QED) is 0.875. The molecule has 0 fully saturated rings. The van der Waals surface area contributed by atoms with Gasteiger partial charge in [0.15, 0.2) is 0 Å². The van der Waals surface area contributed by atoms with E-state index in [9.17, 15) is 0 Å². The first kappa shape index (κ1) is 12.3. The van der Waals surface area contributed by atoms with Gasteiger partial charge in [-0.1, -0.05) is 13.0 Å². The van der Waals surface area contributed by atoms with Crippen LogP contribution in [0.3, 0.4) is 0 Å². The van der Waals surface area contributed by atoms with E-state index in [-0.39, 0.29) is 0 Å². The Morgan fingerprint density at radius 1 is 1.41 bits per heavy atom. The first-order valence-electron chi connectivity index (χ1n) is 5.97. The molecule has 0 saturated heterocycles. The van der Waals surface area contributed by atoms with Crippen molar-refractivity contribution >= 4 is 11.3 Å². The summed E-state index contributed by atoms with van der Waals surface area (Å²) in [6.45, 7) is 5.20. The fourth-order valence-electron chi connectivity index (χ4n) is 2.05. The van der Waals surface area contributed by atoms with E-state index in [1.54, 1.807) is 11.3 Å². The van der Waals surface area contributed by atoms with Crippen LogP contribution in [-0.2, 0) is 6.42 Å². The zero-order valence-corrected chi connectivity index (χ0v) is 11.1. The topological polar surface area (TPSA) is 24.9 Å². The minimum absolute atomic E-state index is 0.364. The molecular weight excluding hydrogens is 228 g/mol. The molecule has 0 spiro atoms. The highest BCUT2D eigenvalue weighted by molar-refractivity contribution is 7.07. The molecule has 2 nitrogen and oxygen atoms in total. The van der Waals surface area contributed by atoms with Crippen molar-refractivity contribution < 1.29 is 0 Å². The van der Waals surface area contributed by atoms with Crippen LogP contribution in [0.2, 0.25) is 0 Å². The second kappa shape index (κ2) is 5.94. The number of hydrogen-bond donors (Lipinski definition) is 1. The van der Waals surface area contributed by atoms with Crippen molar-refractivity contribution in [2.45, 2.75) is 26.3 Å². The Hall–Kier alpha value is -1.19. The summed E-state index contributed by atoms with van der Waals surface area (Å²) in [5, 5.41) is 7.89. The van der Waals surface area contributed by atoms with E-state index >= 15 is 0 Å². The molecule has 2 rings (SSSR count). The molecule has 17 heavy (non-hydrogen) atoms. The number of aromatic nitrogens is 1. The molecule has 0 aliphatic carbocycles. The Kier molecular flexibility index (Phi) is 4.29. The molecule has 2 aromatic rings. The summed E-state index contributed by atoms with van der Waals surface area (Å²) >= 11 is 1.76. The number of pyridine rings is 1. The predicted octanol–water partition coefficient (Wildman–Crippen LogP) is 3.34. The maximum Gasteiger partial charge on any atom is 0.0420 e. The number of thiophene rings is 1. The molecule has 0 aliphatic rings. The lowest BCUT2D eigenvalue weighted by Gasteiger charge is -2.19. The SMILES string of the molecule is CCNC(Cc1ccsc1)c1cccnc1C. The van der Waals surface area contributed by atoms with E-state index in [1.165, 1.54) is 11.1 Å². The zero-order valence-electron chi connectivity index (χ0n) is 10.3. The smallest absolute Gasteiger partial charge is 0.0420 e. The number of hydrogen-bond acceptors (Lipinski definition) is 3. The van der Waals surface area contributed by atoms with Gasteiger partial charge in [-0.15, -0.1) is 0 Å². The van der Waals surface area contributed by atoms with Crippen LogP contribution in [0.15, 0.2) is 35.2 Å². The zero-order chi connectivity index (χ0) is 12.1. The Balaban J connectivity index is 2.20. The summed E-state index contributed by atoms with van der Waals surface area (Å²) in [5.74, 6) is 0. The van der Waals surface area contributed by atoms with E-state index in [2.05, 4.69) is 47.0 Å². The third kappa shape index (κ3) is 3.14. The lowest BCUT2D eigenvalue weighted by atomic mass is 9.99. The molecule has 1 N–H and O–H groups in total. The number of likely N-dealkylation sites (N-methyl/N-ethyl adjacent to an activating group) is 1. The molecule has 0 saturated carbocycles. The molecular formula is C14H18N2S. The first-order valence-corrected chi connectivity index (χ1v) is 6.91. The van der Waals surface area contributed by atoms with Crippen LogP contribution in [0.5, 0.6) is 0 Å². The average molecular weight is 246 g/mol. The third-order valence-electron chi connectivity index (χ3n) is 2.89. The highest BCUT2D eigenvalue weighted by Gasteiger charge is 2.13. The standard InChI is InChI=1S/C14H18N2S/c1-3-15-14(9-12-6-8-17-10-12)13-5-4-7-16-11(13)2/h4-8,10,14-15H,3,9H2,1-2H3. The summed E-state index contributed by atoms with van der Waals surface area (Å²) in [6, 6.07) is 6.74. The minimum Gasteiger partial charge on any atom is -0.310 e. The summed E-state index contributed by atoms with van der Waals surface area (Å²) in [6.07, 6.45) is 2.89. The molecule has 0 aromatic carbocycles. The molecule has 3 heteroatoms. The maximum absolute atomic E-state index is 4.37. The molecule has 1 atom stereocenters. The minimum atomic E-state index is 0.364. The number of nitrogens with one attached hydrogen (secondary N) is 1. The van der Waals surface area contributed by atoms with Crippen LogP contribution >= 0.6 is 11.3 Å². The number of aryl methyl sites for hydroxylation is 1. The van der Waals surface area contributed by atoms with E-state index in [0.717, 1.165) is 18.7 Å². The first-order chi connectivity index (χ1) is 8.31. The van der Waals surface area contributed by atoms with Gasteiger partial charge in [0.25, 0.3) is 0 Å². The summed E-state index contributed by atoms with van der Waals surface area (Å²) in [4.78, 5) is 4.37. The van der Waals surface area contributed by atoms with Gasteiger partial charge in [0.1, 0.15) is 0 Å². The predicted molar refractivity (Wildman–Crippen MR) is 73.4 cm³/mol. The van der Waals surface area contributed by atoms with E-state index in [4.69, 9.17) is 0 Å². The Bertz CT molecular complexity index is 451. The van der Waals surface area contributed by atoms with E-state index in [0.29, 0.717) is 6.04 Å². The van der Waals surface area contributed by atoms with Crippen LogP contribution in [-0.4, -0.2) is 11.5 Å². The third-order valence-corrected chi connectivity index (χ3v) is 3.63. The molecule has 90 valence electrons. The lowest BCUT2D eigenvalue weighted by molar-refractivity contribution is 0.546. The van der Waals surface area contributed by atoms with Gasteiger partial charge in [0, 0.05) is 17.9 Å². The van der Waals surface area contributed by atoms with Gasteiger partial charge in [-0.25, -0.2) is 0 Å². The van der Waals surface area contributed by atoms with Gasteiger partial charge < -0.3 is 5.32 Å². The Morgan fingerprint density at radius 3 is 2.94 bits per heavy atom. The summed E-state index contributed by atoms with van der Waals surface area (Å²) < 4.78 is 0. The Morgan fingerprint density at radius 2 is 2.29 bits per heavy atom. The number of rotatable bonds is 5. The van der Waals surface area contributed by atoms with Crippen molar-refractivity contribution in [2.75, 3.05) is 6.54 Å². The monoisotopic (exact) mass is 246 g/mol. The van der Waals surface area contributed by atoms with Gasteiger partial charge in [-0.05, 0) is 53.9 Å². The van der Waals surface area contributed by atoms with Gasteiger partial charge in [-0.2, -0.15) is 11.3 Å². The Labute approximate surface area is 107 Å². The van der Waals surface area contributed by atoms with Crippen molar-refractivity contribution in [1.29, 1.82) is 0 Å². The van der Waals surface area contributed by atoms with E-state index < -0.39 is 0 Å². The second-order valence-corrected chi connectivity index (χ2v) is 4.90. The van der Waals surface area contributed by atoms with Gasteiger partial charge in [0.05, 0.1) is 0 Å². The summed E-state index contributed by atoms with van der Waals surface area (Å²) in [7, 11) is 0. The van der Waals surface area contributed by atoms with Crippen LogP contribution in [0, 0.1) is 6.92 Å². The van der Waals surface area contributed by atoms with Gasteiger partial charge in [0.2, 0.25) is 0 Å². The normalized spacial score (nSPS) is 12.6. The van der Waals surface area contributed by atoms with Crippen molar-refractivity contribution in [3.8, 4) is 0 Å². The molecule has 1 unspecified atom stereocenters. The highest BCUT2D eigenvalue weighted by atomic mass is 32.1. The molecule has 2 aromatic heterocycles. The van der Waals surface area contributed by atoms with Crippen LogP contribution in [0.25, 0.3) is 0 Å². The fraction of sp³-hybridized carbons (Fsp3) is 0.357. The van der Waals surface area contributed by atoms with Crippen LogP contribution < -0.4 is 5.32 Å². The molecule has 2 heterocycles. The maximum atomic E-state index is 4.37. The summed E-state index contributed by atoms with van der Waals surface area (Å²) in [5.41, 5.74) is 3.82. The van der Waals surface area contributed by atoms with Crippen LogP contribution in [0.1, 0.15) is 29.8 Å². The lowest BCUT2D eigenvalue weighted by Crippen LogP contribution is -2.23. The molecule has 0 bridgehead atoms. The van der Waals surface area contributed by atoms with Gasteiger partial charge in [-0.3, -0.25) is 4.98 Å². The van der Waals surface area contributed by atoms with Crippen LogP contribution in [0.4, 0.5) is 0 Å². The fourth-order valence-corrected chi connectivity index (χ4v) is 2.73. The van der Waals surface area contributed by atoms with Crippen molar-refractivity contribution in [3.63, 3.8) is 0 Å². The van der Waals surface area contributed by atoms with Crippen molar-refractivity contribution in [1.82, 2.24) is 10.3 Å².